The van der Waals surface area contributed by atoms with Crippen LogP contribution in [0.2, 0.25) is 0 Å². The van der Waals surface area contributed by atoms with Gasteiger partial charge >= 0.3 is 6.09 Å². The summed E-state index contributed by atoms with van der Waals surface area (Å²) in [7, 11) is 0. The topological polar surface area (TPSA) is 68.7 Å². The molecule has 0 saturated carbocycles. The molecule has 6 nitrogen and oxygen atoms in total. The lowest BCUT2D eigenvalue weighted by molar-refractivity contribution is -0.0861. The van der Waals surface area contributed by atoms with Gasteiger partial charge in [-0.1, -0.05) is 0 Å². The first kappa shape index (κ1) is 17.8. The molecule has 3 rings (SSSR count). The zero-order valence-corrected chi connectivity index (χ0v) is 14.7. The third kappa shape index (κ3) is 3.81. The first-order valence-electron chi connectivity index (χ1n) is 8.50. The molecule has 0 spiro atoms. The summed E-state index contributed by atoms with van der Waals surface area (Å²) in [5.74, 6) is -1.36. The second-order valence-electron chi connectivity index (χ2n) is 7.61. The molecule has 3 heterocycles. The van der Waals surface area contributed by atoms with Crippen molar-refractivity contribution < 1.29 is 23.5 Å². The number of nitrogens with zero attached hydrogens (tertiary/aromatic N) is 2. The largest absolute Gasteiger partial charge is 0.444 e. The molecule has 0 N–H and O–H groups in total. The average molecular weight is 350 g/mol. The fourth-order valence-corrected chi connectivity index (χ4v) is 3.53. The van der Waals surface area contributed by atoms with E-state index in [1.807, 2.05) is 20.8 Å². The Balaban J connectivity index is 1.76. The van der Waals surface area contributed by atoms with Crippen molar-refractivity contribution in [3.8, 4) is 0 Å². The van der Waals surface area contributed by atoms with Gasteiger partial charge in [-0.2, -0.15) is 4.39 Å². The number of aromatic nitrogens is 1. The minimum atomic E-state index is -0.747. The van der Waals surface area contributed by atoms with E-state index < -0.39 is 11.5 Å². The Bertz CT molecular complexity index is 659. The Labute approximate surface area is 146 Å². The van der Waals surface area contributed by atoms with Crippen LogP contribution in [0, 0.1) is 11.9 Å². The number of halogens is 1. The highest BCUT2D eigenvalue weighted by molar-refractivity contribution is 5.98. The summed E-state index contributed by atoms with van der Waals surface area (Å²) >= 11 is 0. The average Bonchev–Trinajstić information content (AvgIpc) is 2.51. The van der Waals surface area contributed by atoms with Gasteiger partial charge in [0.1, 0.15) is 5.60 Å². The van der Waals surface area contributed by atoms with E-state index in [0.717, 1.165) is 0 Å². The molecule has 7 heteroatoms. The first-order valence-corrected chi connectivity index (χ1v) is 8.50. The highest BCUT2D eigenvalue weighted by Crippen LogP contribution is 2.34. The predicted octanol–water partition coefficient (Wildman–Crippen LogP) is 2.82. The van der Waals surface area contributed by atoms with Gasteiger partial charge in [0.15, 0.2) is 5.78 Å². The standard InChI is InChI=1S/C18H23FN2O4/c1-18(2,3)25-17(23)21-12-7-11(8-13(21)10-24-9-12)15(22)14-5-4-6-20-16(14)19/h4-6,11-13H,7-10H2,1-3H3. The normalized spacial score (nSPS) is 26.2. The van der Waals surface area contributed by atoms with Crippen LogP contribution in [-0.2, 0) is 9.47 Å². The van der Waals surface area contributed by atoms with Crippen molar-refractivity contribution in [1.82, 2.24) is 9.88 Å². The zero-order chi connectivity index (χ0) is 18.2. The maximum atomic E-state index is 13.8. The number of piperidine rings is 1. The molecule has 1 aromatic rings. The minimum Gasteiger partial charge on any atom is -0.444 e. The lowest BCUT2D eigenvalue weighted by atomic mass is 9.81. The Morgan fingerprint density at radius 3 is 2.48 bits per heavy atom. The van der Waals surface area contributed by atoms with Crippen molar-refractivity contribution in [1.29, 1.82) is 0 Å². The molecule has 0 aromatic carbocycles. The maximum Gasteiger partial charge on any atom is 0.410 e. The SMILES string of the molecule is CC(C)(C)OC(=O)N1C2COCC1CC(C(=O)c1cccnc1F)C2. The summed E-state index contributed by atoms with van der Waals surface area (Å²) in [5.41, 5.74) is -0.574. The lowest BCUT2D eigenvalue weighted by Gasteiger charge is -2.47. The quantitative estimate of drug-likeness (QED) is 0.606. The van der Waals surface area contributed by atoms with E-state index in [2.05, 4.69) is 4.98 Å². The Hall–Kier alpha value is -2.02. The molecule has 1 amide bonds. The van der Waals surface area contributed by atoms with Gasteiger partial charge in [0.05, 0.1) is 30.9 Å². The van der Waals surface area contributed by atoms with Crippen molar-refractivity contribution in [2.45, 2.75) is 51.3 Å². The van der Waals surface area contributed by atoms with E-state index in [9.17, 15) is 14.0 Å². The summed E-state index contributed by atoms with van der Waals surface area (Å²) in [5, 5.41) is 0. The van der Waals surface area contributed by atoms with Crippen LogP contribution in [0.3, 0.4) is 0 Å². The summed E-state index contributed by atoms with van der Waals surface area (Å²) in [6.07, 6.45) is 1.80. The summed E-state index contributed by atoms with van der Waals surface area (Å²) in [4.78, 5) is 30.5. The number of ether oxygens (including phenoxy) is 2. The Kier molecular flexibility index (Phi) is 4.77. The van der Waals surface area contributed by atoms with E-state index in [1.54, 1.807) is 11.0 Å². The number of carbonyl (C=O) groups excluding carboxylic acids is 2. The van der Waals surface area contributed by atoms with Crippen molar-refractivity contribution >= 4 is 11.9 Å². The highest BCUT2D eigenvalue weighted by Gasteiger charge is 2.45. The molecule has 2 aliphatic rings. The molecular formula is C18H23FN2O4. The predicted molar refractivity (Wildman–Crippen MR) is 87.7 cm³/mol. The van der Waals surface area contributed by atoms with Crippen LogP contribution < -0.4 is 0 Å². The number of carbonyl (C=O) groups is 2. The fourth-order valence-electron chi connectivity index (χ4n) is 3.53. The van der Waals surface area contributed by atoms with Crippen molar-refractivity contribution in [2.75, 3.05) is 13.2 Å². The van der Waals surface area contributed by atoms with E-state index in [4.69, 9.17) is 9.47 Å². The lowest BCUT2D eigenvalue weighted by Crippen LogP contribution is -2.60. The van der Waals surface area contributed by atoms with Gasteiger partial charge in [-0.05, 0) is 45.7 Å². The van der Waals surface area contributed by atoms with Gasteiger partial charge < -0.3 is 9.47 Å². The third-order valence-corrected chi connectivity index (χ3v) is 4.52. The molecule has 136 valence electrons. The first-order chi connectivity index (χ1) is 11.8. The Morgan fingerprint density at radius 2 is 1.92 bits per heavy atom. The number of pyridine rings is 1. The number of ketones is 1. The van der Waals surface area contributed by atoms with E-state index >= 15 is 0 Å². The summed E-state index contributed by atoms with van der Waals surface area (Å²) in [6, 6.07) is 2.53. The highest BCUT2D eigenvalue weighted by atomic mass is 19.1. The second kappa shape index (κ2) is 6.71. The van der Waals surface area contributed by atoms with Crippen LogP contribution >= 0.6 is 0 Å². The molecule has 2 unspecified atom stereocenters. The molecule has 0 aliphatic carbocycles. The van der Waals surface area contributed by atoms with Crippen molar-refractivity contribution in [2.24, 2.45) is 5.92 Å². The van der Waals surface area contributed by atoms with Crippen molar-refractivity contribution in [3.63, 3.8) is 0 Å². The number of Topliss-reactive ketones (excluding diaryl/α,β-unsaturated/α-hetero) is 1. The molecule has 0 radical (unpaired) electrons. The van der Waals surface area contributed by atoms with Crippen LogP contribution in [0.1, 0.15) is 44.0 Å². The molecular weight excluding hydrogens is 327 g/mol. The third-order valence-electron chi connectivity index (χ3n) is 4.52. The van der Waals surface area contributed by atoms with Crippen molar-refractivity contribution in [3.05, 3.63) is 29.8 Å². The number of morpholine rings is 1. The zero-order valence-electron chi connectivity index (χ0n) is 14.7. The fraction of sp³-hybridized carbons (Fsp3) is 0.611. The van der Waals surface area contributed by atoms with Gasteiger partial charge in [-0.15, -0.1) is 0 Å². The number of hydrogen-bond donors (Lipinski definition) is 0. The monoisotopic (exact) mass is 350 g/mol. The molecule has 2 saturated heterocycles. The Morgan fingerprint density at radius 1 is 1.28 bits per heavy atom. The number of fused-ring (bicyclic) bond motifs is 2. The molecule has 2 atom stereocenters. The summed E-state index contributed by atoms with van der Waals surface area (Å²) in [6.45, 7) is 6.17. The van der Waals surface area contributed by atoms with Crippen LogP contribution in [0.15, 0.2) is 18.3 Å². The molecule has 1 aromatic heterocycles. The van der Waals surface area contributed by atoms with E-state index in [-0.39, 0.29) is 35.4 Å². The molecule has 2 aliphatic heterocycles. The second-order valence-corrected chi connectivity index (χ2v) is 7.61. The van der Waals surface area contributed by atoms with Crippen LogP contribution in [0.5, 0.6) is 0 Å². The van der Waals surface area contributed by atoms with Gasteiger partial charge in [0.25, 0.3) is 0 Å². The van der Waals surface area contributed by atoms with E-state index in [1.165, 1.54) is 12.3 Å². The molecule has 2 bridgehead atoms. The van der Waals surface area contributed by atoms with Gasteiger partial charge in [0.2, 0.25) is 5.95 Å². The number of rotatable bonds is 2. The van der Waals surface area contributed by atoms with Crippen LogP contribution in [-0.4, -0.2) is 52.7 Å². The summed E-state index contributed by atoms with van der Waals surface area (Å²) < 4.78 is 24.9. The van der Waals surface area contributed by atoms with Gasteiger partial charge in [-0.25, -0.2) is 9.78 Å². The molecule has 2 fully saturated rings. The van der Waals surface area contributed by atoms with Gasteiger partial charge in [-0.3, -0.25) is 9.69 Å². The minimum absolute atomic E-state index is 0.0113. The number of hydrogen-bond acceptors (Lipinski definition) is 5. The number of amides is 1. The van der Waals surface area contributed by atoms with Crippen LogP contribution in [0.4, 0.5) is 9.18 Å². The smallest absolute Gasteiger partial charge is 0.410 e. The van der Waals surface area contributed by atoms with Crippen LogP contribution in [0.25, 0.3) is 0 Å². The van der Waals surface area contributed by atoms with E-state index in [0.29, 0.717) is 26.1 Å². The van der Waals surface area contributed by atoms with Gasteiger partial charge in [0, 0.05) is 12.1 Å². The molecule has 25 heavy (non-hydrogen) atoms. The maximum absolute atomic E-state index is 13.8.